The third kappa shape index (κ3) is 5.73. The average Bonchev–Trinajstić information content (AvgIpc) is 3.31. The highest BCUT2D eigenvalue weighted by molar-refractivity contribution is 5.93. The minimum absolute atomic E-state index is 0.0714. The van der Waals surface area contributed by atoms with E-state index in [2.05, 4.69) is 15.4 Å². The second-order valence-corrected chi connectivity index (χ2v) is 7.34. The Morgan fingerprint density at radius 1 is 0.971 bits per heavy atom. The highest BCUT2D eigenvalue weighted by Gasteiger charge is 2.18. The van der Waals surface area contributed by atoms with E-state index in [1.165, 1.54) is 0 Å². The standard InChI is InChI=1S/C26H24N4O4/c1-2-34-26(32)22-16-23(30(29-22)24-13-6-7-14-27-24)20-11-8-12-21(15-20)28-25(31)18-33-17-19-9-4-3-5-10-19/h3-16H,2,17-18H2,1H3,(H,28,31). The molecule has 2 aromatic carbocycles. The van der Waals surface area contributed by atoms with Crippen molar-refractivity contribution in [1.29, 1.82) is 0 Å². The average molecular weight is 457 g/mol. The zero-order valence-electron chi connectivity index (χ0n) is 18.7. The first kappa shape index (κ1) is 22.9. The lowest BCUT2D eigenvalue weighted by molar-refractivity contribution is -0.121. The van der Waals surface area contributed by atoms with Gasteiger partial charge in [0.15, 0.2) is 11.5 Å². The first-order chi connectivity index (χ1) is 16.6. The van der Waals surface area contributed by atoms with Gasteiger partial charge in [-0.1, -0.05) is 48.5 Å². The van der Waals surface area contributed by atoms with Crippen LogP contribution in [0.1, 0.15) is 23.0 Å². The molecule has 0 saturated carbocycles. The number of ether oxygens (including phenoxy) is 2. The number of nitrogens with one attached hydrogen (secondary N) is 1. The van der Waals surface area contributed by atoms with E-state index in [0.717, 1.165) is 11.1 Å². The Kier molecular flexibility index (Phi) is 7.42. The maximum atomic E-state index is 12.4. The summed E-state index contributed by atoms with van der Waals surface area (Å²) in [6.45, 7) is 2.27. The van der Waals surface area contributed by atoms with Gasteiger partial charge in [-0.25, -0.2) is 14.5 Å². The molecule has 0 fully saturated rings. The molecule has 0 radical (unpaired) electrons. The van der Waals surface area contributed by atoms with Crippen molar-refractivity contribution in [2.75, 3.05) is 18.5 Å². The summed E-state index contributed by atoms with van der Waals surface area (Å²) in [6.07, 6.45) is 1.65. The van der Waals surface area contributed by atoms with Gasteiger partial charge in [0.1, 0.15) is 6.61 Å². The lowest BCUT2D eigenvalue weighted by Crippen LogP contribution is -2.18. The number of hydrogen-bond acceptors (Lipinski definition) is 6. The van der Waals surface area contributed by atoms with Gasteiger partial charge in [0.2, 0.25) is 5.91 Å². The van der Waals surface area contributed by atoms with Crippen LogP contribution in [0.3, 0.4) is 0 Å². The molecule has 2 aromatic heterocycles. The van der Waals surface area contributed by atoms with Crippen molar-refractivity contribution in [3.05, 3.63) is 96.3 Å². The van der Waals surface area contributed by atoms with Crippen LogP contribution in [0, 0.1) is 0 Å². The summed E-state index contributed by atoms with van der Waals surface area (Å²) in [4.78, 5) is 29.0. The predicted octanol–water partition coefficient (Wildman–Crippen LogP) is 4.27. The normalized spacial score (nSPS) is 10.6. The van der Waals surface area contributed by atoms with Crippen molar-refractivity contribution < 1.29 is 19.1 Å². The number of rotatable bonds is 9. The Hall–Kier alpha value is -4.30. The van der Waals surface area contributed by atoms with Crippen LogP contribution in [-0.2, 0) is 20.9 Å². The van der Waals surface area contributed by atoms with E-state index < -0.39 is 5.97 Å². The summed E-state index contributed by atoms with van der Waals surface area (Å²) in [5.41, 5.74) is 3.15. The lowest BCUT2D eigenvalue weighted by atomic mass is 10.1. The van der Waals surface area contributed by atoms with Crippen molar-refractivity contribution in [2.24, 2.45) is 0 Å². The second kappa shape index (κ2) is 11.0. The van der Waals surface area contributed by atoms with E-state index in [9.17, 15) is 9.59 Å². The minimum atomic E-state index is -0.515. The molecular formula is C26H24N4O4. The molecule has 8 nitrogen and oxygen atoms in total. The fourth-order valence-corrected chi connectivity index (χ4v) is 3.33. The molecule has 172 valence electrons. The highest BCUT2D eigenvalue weighted by atomic mass is 16.5. The van der Waals surface area contributed by atoms with Crippen LogP contribution in [-0.4, -0.2) is 39.9 Å². The quantitative estimate of drug-likeness (QED) is 0.378. The number of esters is 1. The summed E-state index contributed by atoms with van der Waals surface area (Å²) in [6, 6.07) is 24.0. The first-order valence-electron chi connectivity index (χ1n) is 10.8. The van der Waals surface area contributed by atoms with E-state index in [1.807, 2.05) is 48.5 Å². The minimum Gasteiger partial charge on any atom is -0.461 e. The van der Waals surface area contributed by atoms with Crippen molar-refractivity contribution in [1.82, 2.24) is 14.8 Å². The number of carbonyl (C=O) groups is 2. The highest BCUT2D eigenvalue weighted by Crippen LogP contribution is 2.26. The zero-order chi connectivity index (χ0) is 23.8. The van der Waals surface area contributed by atoms with E-state index in [0.29, 0.717) is 23.8 Å². The number of benzene rings is 2. The summed E-state index contributed by atoms with van der Waals surface area (Å²) in [5, 5.41) is 7.25. The van der Waals surface area contributed by atoms with Crippen LogP contribution in [0.15, 0.2) is 85.1 Å². The summed E-state index contributed by atoms with van der Waals surface area (Å²) < 4.78 is 12.2. The number of pyridine rings is 1. The fourth-order valence-electron chi connectivity index (χ4n) is 3.33. The Bertz CT molecular complexity index is 1260. The van der Waals surface area contributed by atoms with Crippen molar-refractivity contribution in [3.8, 4) is 17.1 Å². The van der Waals surface area contributed by atoms with Crippen LogP contribution in [0.5, 0.6) is 0 Å². The van der Waals surface area contributed by atoms with E-state index in [4.69, 9.17) is 9.47 Å². The molecule has 0 atom stereocenters. The monoisotopic (exact) mass is 456 g/mol. The van der Waals surface area contributed by atoms with Crippen molar-refractivity contribution >= 4 is 17.6 Å². The topological polar surface area (TPSA) is 95.3 Å². The van der Waals surface area contributed by atoms with E-state index >= 15 is 0 Å². The number of anilines is 1. The van der Waals surface area contributed by atoms with Crippen molar-refractivity contribution in [2.45, 2.75) is 13.5 Å². The Morgan fingerprint density at radius 2 is 1.79 bits per heavy atom. The molecule has 0 aliphatic carbocycles. The van der Waals surface area contributed by atoms with Gasteiger partial charge >= 0.3 is 5.97 Å². The molecule has 0 bridgehead atoms. The molecule has 34 heavy (non-hydrogen) atoms. The third-order valence-corrected chi connectivity index (χ3v) is 4.85. The Morgan fingerprint density at radius 3 is 2.56 bits per heavy atom. The van der Waals surface area contributed by atoms with Crippen LogP contribution >= 0.6 is 0 Å². The summed E-state index contributed by atoms with van der Waals surface area (Å²) in [5.74, 6) is -0.228. The molecule has 2 heterocycles. The summed E-state index contributed by atoms with van der Waals surface area (Å²) >= 11 is 0. The van der Waals surface area contributed by atoms with Gasteiger partial charge in [-0.15, -0.1) is 0 Å². The number of aromatic nitrogens is 3. The maximum Gasteiger partial charge on any atom is 0.358 e. The SMILES string of the molecule is CCOC(=O)c1cc(-c2cccc(NC(=O)COCc3ccccc3)c2)n(-c2ccccn2)n1. The largest absolute Gasteiger partial charge is 0.461 e. The van der Waals surface area contributed by atoms with Gasteiger partial charge in [-0.05, 0) is 42.8 Å². The molecule has 8 heteroatoms. The molecule has 0 spiro atoms. The van der Waals surface area contributed by atoms with Gasteiger partial charge in [-0.2, -0.15) is 5.10 Å². The molecule has 4 rings (SSSR count). The zero-order valence-corrected chi connectivity index (χ0v) is 18.7. The fraction of sp³-hybridized carbons (Fsp3) is 0.154. The second-order valence-electron chi connectivity index (χ2n) is 7.34. The lowest BCUT2D eigenvalue weighted by Gasteiger charge is -2.10. The van der Waals surface area contributed by atoms with Crippen molar-refractivity contribution in [3.63, 3.8) is 0 Å². The molecule has 1 N–H and O–H groups in total. The molecule has 0 unspecified atom stereocenters. The van der Waals surface area contributed by atoms with Crippen LogP contribution in [0.4, 0.5) is 5.69 Å². The van der Waals surface area contributed by atoms with Crippen LogP contribution in [0.2, 0.25) is 0 Å². The number of carbonyl (C=O) groups excluding carboxylic acids is 2. The number of nitrogens with zero attached hydrogens (tertiary/aromatic N) is 3. The number of amides is 1. The smallest absolute Gasteiger partial charge is 0.358 e. The maximum absolute atomic E-state index is 12.4. The molecule has 0 aliphatic heterocycles. The third-order valence-electron chi connectivity index (χ3n) is 4.85. The molecule has 0 aliphatic rings. The van der Waals surface area contributed by atoms with Gasteiger partial charge in [0.25, 0.3) is 0 Å². The molecule has 0 saturated heterocycles. The van der Waals surface area contributed by atoms with E-state index in [-0.39, 0.29) is 24.8 Å². The van der Waals surface area contributed by atoms with Gasteiger partial charge in [0.05, 0.1) is 18.9 Å². The van der Waals surface area contributed by atoms with Crippen LogP contribution < -0.4 is 5.32 Å². The first-order valence-corrected chi connectivity index (χ1v) is 10.8. The predicted molar refractivity (Wildman–Crippen MR) is 127 cm³/mol. The van der Waals surface area contributed by atoms with Crippen LogP contribution in [0.25, 0.3) is 17.1 Å². The molecule has 4 aromatic rings. The summed E-state index contributed by atoms with van der Waals surface area (Å²) in [7, 11) is 0. The Labute approximate surface area is 197 Å². The Balaban J connectivity index is 1.52. The van der Waals surface area contributed by atoms with Gasteiger partial charge in [0, 0.05) is 17.4 Å². The number of hydrogen-bond donors (Lipinski definition) is 1. The van der Waals surface area contributed by atoms with E-state index in [1.54, 1.807) is 48.1 Å². The van der Waals surface area contributed by atoms with Gasteiger partial charge in [-0.3, -0.25) is 4.79 Å². The van der Waals surface area contributed by atoms with Gasteiger partial charge < -0.3 is 14.8 Å². The molecule has 1 amide bonds. The molecular weight excluding hydrogens is 432 g/mol.